The minimum Gasteiger partial charge on any atom is -0.383 e. The van der Waals surface area contributed by atoms with Gasteiger partial charge in [-0.1, -0.05) is 31.2 Å². The standard InChI is InChI=1S/C23H30N2O3S/c1-4-7-21(26)24(13-14-28-3)16-22(27)25-12-10-20-19(11-15-29-20)23(25)18-9-6-5-8-17(18)2/h5-6,8-9,11,15,23H,4,7,10,12-14,16H2,1-3H3/t23-/m1/s1. The summed E-state index contributed by atoms with van der Waals surface area (Å²) in [5.41, 5.74) is 3.54. The van der Waals surface area contributed by atoms with Gasteiger partial charge in [0.05, 0.1) is 19.2 Å². The maximum absolute atomic E-state index is 13.4. The second kappa shape index (κ2) is 10.0. The van der Waals surface area contributed by atoms with E-state index in [1.807, 2.05) is 24.0 Å². The van der Waals surface area contributed by atoms with E-state index in [1.54, 1.807) is 23.3 Å². The number of hydrogen-bond acceptors (Lipinski definition) is 4. The molecule has 0 saturated carbocycles. The maximum Gasteiger partial charge on any atom is 0.242 e. The molecule has 0 radical (unpaired) electrons. The highest BCUT2D eigenvalue weighted by molar-refractivity contribution is 7.10. The van der Waals surface area contributed by atoms with E-state index < -0.39 is 0 Å². The molecule has 0 saturated heterocycles. The van der Waals surface area contributed by atoms with Crippen molar-refractivity contribution < 1.29 is 14.3 Å². The van der Waals surface area contributed by atoms with E-state index in [-0.39, 0.29) is 24.4 Å². The lowest BCUT2D eigenvalue weighted by Gasteiger charge is -2.38. The summed E-state index contributed by atoms with van der Waals surface area (Å²) in [7, 11) is 1.61. The molecule has 2 amide bonds. The van der Waals surface area contributed by atoms with Crippen molar-refractivity contribution in [2.75, 3.05) is 33.4 Å². The predicted octanol–water partition coefficient (Wildman–Crippen LogP) is 3.81. The smallest absolute Gasteiger partial charge is 0.242 e. The number of nitrogens with zero attached hydrogens (tertiary/aromatic N) is 2. The van der Waals surface area contributed by atoms with E-state index >= 15 is 0 Å². The summed E-state index contributed by atoms with van der Waals surface area (Å²) in [5, 5.41) is 2.11. The Labute approximate surface area is 177 Å². The number of amides is 2. The third-order valence-electron chi connectivity index (χ3n) is 5.48. The number of carbonyl (C=O) groups is 2. The van der Waals surface area contributed by atoms with Crippen LogP contribution in [0, 0.1) is 6.92 Å². The van der Waals surface area contributed by atoms with Crippen LogP contribution >= 0.6 is 11.3 Å². The maximum atomic E-state index is 13.4. The van der Waals surface area contributed by atoms with Gasteiger partial charge in [0, 0.05) is 31.5 Å². The molecular weight excluding hydrogens is 384 g/mol. The largest absolute Gasteiger partial charge is 0.383 e. The van der Waals surface area contributed by atoms with Crippen LogP contribution in [0.3, 0.4) is 0 Å². The first-order chi connectivity index (χ1) is 14.1. The van der Waals surface area contributed by atoms with Crippen LogP contribution < -0.4 is 0 Å². The van der Waals surface area contributed by atoms with Gasteiger partial charge in [0.25, 0.3) is 0 Å². The van der Waals surface area contributed by atoms with Crippen LogP contribution in [-0.4, -0.2) is 55.0 Å². The van der Waals surface area contributed by atoms with Crippen molar-refractivity contribution in [3.05, 3.63) is 57.3 Å². The van der Waals surface area contributed by atoms with Gasteiger partial charge in [0.2, 0.25) is 11.8 Å². The fourth-order valence-electron chi connectivity index (χ4n) is 3.93. The van der Waals surface area contributed by atoms with E-state index in [9.17, 15) is 9.59 Å². The number of hydrogen-bond donors (Lipinski definition) is 0. The van der Waals surface area contributed by atoms with Gasteiger partial charge in [-0.15, -0.1) is 11.3 Å². The third-order valence-corrected chi connectivity index (χ3v) is 6.47. The van der Waals surface area contributed by atoms with Crippen molar-refractivity contribution in [1.29, 1.82) is 0 Å². The summed E-state index contributed by atoms with van der Waals surface area (Å²) in [6.45, 7) is 5.71. The average molecular weight is 415 g/mol. The van der Waals surface area contributed by atoms with Gasteiger partial charge in [-0.05, 0) is 47.9 Å². The van der Waals surface area contributed by atoms with Crippen LogP contribution in [0.2, 0.25) is 0 Å². The predicted molar refractivity (Wildman–Crippen MR) is 116 cm³/mol. The van der Waals surface area contributed by atoms with Crippen LogP contribution in [-0.2, 0) is 20.7 Å². The van der Waals surface area contributed by atoms with Crippen LogP contribution in [0.5, 0.6) is 0 Å². The Morgan fingerprint density at radius 2 is 2.03 bits per heavy atom. The van der Waals surface area contributed by atoms with E-state index in [0.29, 0.717) is 26.1 Å². The Bertz CT molecular complexity index is 848. The quantitative estimate of drug-likeness (QED) is 0.660. The fourth-order valence-corrected chi connectivity index (χ4v) is 4.84. The molecule has 6 heteroatoms. The van der Waals surface area contributed by atoms with Crippen molar-refractivity contribution in [2.24, 2.45) is 0 Å². The van der Waals surface area contributed by atoms with Crippen molar-refractivity contribution in [1.82, 2.24) is 9.80 Å². The SMILES string of the molecule is CCCC(=O)N(CCOC)CC(=O)N1CCc2sccc2[C@H]1c1ccccc1C. The molecule has 1 aliphatic rings. The monoisotopic (exact) mass is 414 g/mol. The molecule has 156 valence electrons. The van der Waals surface area contributed by atoms with E-state index in [4.69, 9.17) is 4.74 Å². The molecule has 0 N–H and O–H groups in total. The van der Waals surface area contributed by atoms with Gasteiger partial charge < -0.3 is 14.5 Å². The lowest BCUT2D eigenvalue weighted by molar-refractivity contribution is -0.142. The number of fused-ring (bicyclic) bond motifs is 1. The fraction of sp³-hybridized carbons (Fsp3) is 0.478. The average Bonchev–Trinajstić information content (AvgIpc) is 3.20. The van der Waals surface area contributed by atoms with Gasteiger partial charge in [-0.2, -0.15) is 0 Å². The van der Waals surface area contributed by atoms with Crippen molar-refractivity contribution in [2.45, 2.75) is 39.2 Å². The molecule has 29 heavy (non-hydrogen) atoms. The molecular formula is C23H30N2O3S. The molecule has 0 bridgehead atoms. The Hall–Kier alpha value is -2.18. The van der Waals surface area contributed by atoms with Crippen LogP contribution in [0.1, 0.15) is 47.4 Å². The van der Waals surface area contributed by atoms with Crippen molar-refractivity contribution in [3.63, 3.8) is 0 Å². The molecule has 0 unspecified atom stereocenters. The molecule has 1 aromatic carbocycles. The first-order valence-electron chi connectivity index (χ1n) is 10.2. The van der Waals surface area contributed by atoms with Gasteiger partial charge in [0.15, 0.2) is 0 Å². The highest BCUT2D eigenvalue weighted by Crippen LogP contribution is 2.38. The molecule has 1 aliphatic heterocycles. The van der Waals surface area contributed by atoms with Crippen molar-refractivity contribution in [3.8, 4) is 0 Å². The number of aryl methyl sites for hydroxylation is 1. The minimum absolute atomic E-state index is 0.00402. The third kappa shape index (κ3) is 4.87. The summed E-state index contributed by atoms with van der Waals surface area (Å²) in [4.78, 5) is 30.9. The summed E-state index contributed by atoms with van der Waals surface area (Å²) in [6, 6.07) is 10.3. The zero-order chi connectivity index (χ0) is 20.8. The molecule has 2 aromatic rings. The lowest BCUT2D eigenvalue weighted by atomic mass is 9.90. The minimum atomic E-state index is -0.0933. The van der Waals surface area contributed by atoms with Gasteiger partial charge in [0.1, 0.15) is 0 Å². The Balaban J connectivity index is 1.87. The van der Waals surface area contributed by atoms with E-state index in [0.717, 1.165) is 18.4 Å². The van der Waals surface area contributed by atoms with Gasteiger partial charge >= 0.3 is 0 Å². The zero-order valence-corrected chi connectivity index (χ0v) is 18.3. The van der Waals surface area contributed by atoms with Crippen molar-refractivity contribution >= 4 is 23.2 Å². The van der Waals surface area contributed by atoms with Gasteiger partial charge in [-0.25, -0.2) is 0 Å². The van der Waals surface area contributed by atoms with Crippen LogP contribution in [0.15, 0.2) is 35.7 Å². The molecule has 1 atom stereocenters. The first kappa shape index (κ1) is 21.5. The Kier molecular flexibility index (Phi) is 7.45. The zero-order valence-electron chi connectivity index (χ0n) is 17.5. The molecule has 5 nitrogen and oxygen atoms in total. The number of rotatable bonds is 8. The molecule has 0 fully saturated rings. The number of benzene rings is 1. The summed E-state index contributed by atoms with van der Waals surface area (Å²) < 4.78 is 5.15. The normalized spacial score (nSPS) is 15.8. The van der Waals surface area contributed by atoms with E-state index in [1.165, 1.54) is 16.0 Å². The number of methoxy groups -OCH3 is 1. The molecule has 2 heterocycles. The van der Waals surface area contributed by atoms with Gasteiger partial charge in [-0.3, -0.25) is 9.59 Å². The lowest BCUT2D eigenvalue weighted by Crippen LogP contribution is -2.47. The molecule has 0 aliphatic carbocycles. The summed E-state index contributed by atoms with van der Waals surface area (Å²) in [5.74, 6) is 0.00855. The van der Waals surface area contributed by atoms with E-state index in [2.05, 4.69) is 30.5 Å². The number of ether oxygens (including phenoxy) is 1. The number of thiophene rings is 1. The molecule has 1 aromatic heterocycles. The summed E-state index contributed by atoms with van der Waals surface area (Å²) in [6.07, 6.45) is 2.08. The highest BCUT2D eigenvalue weighted by atomic mass is 32.1. The topological polar surface area (TPSA) is 49.9 Å². The van der Waals surface area contributed by atoms with Crippen LogP contribution in [0.25, 0.3) is 0 Å². The number of carbonyl (C=O) groups excluding carboxylic acids is 2. The highest BCUT2D eigenvalue weighted by Gasteiger charge is 2.34. The van der Waals surface area contributed by atoms with Crippen LogP contribution in [0.4, 0.5) is 0 Å². The molecule has 0 spiro atoms. The second-order valence-electron chi connectivity index (χ2n) is 7.45. The first-order valence-corrected chi connectivity index (χ1v) is 11.1. The summed E-state index contributed by atoms with van der Waals surface area (Å²) >= 11 is 1.76. The Morgan fingerprint density at radius 1 is 1.24 bits per heavy atom. The Morgan fingerprint density at radius 3 is 2.76 bits per heavy atom. The second-order valence-corrected chi connectivity index (χ2v) is 8.45. The molecule has 3 rings (SSSR count).